The molecule has 1 aliphatic heterocycles. The number of hydrogen-bond acceptors (Lipinski definition) is 7. The van der Waals surface area contributed by atoms with E-state index in [-0.39, 0.29) is 37.6 Å². The fourth-order valence-corrected chi connectivity index (χ4v) is 4.67. The third-order valence-corrected chi connectivity index (χ3v) is 6.87. The van der Waals surface area contributed by atoms with Gasteiger partial charge in [-0.15, -0.1) is 0 Å². The zero-order valence-electron chi connectivity index (χ0n) is 22.7. The molecule has 0 bridgehead atoms. The van der Waals surface area contributed by atoms with E-state index in [1.807, 2.05) is 60.8 Å². The molecule has 0 aliphatic carbocycles. The summed E-state index contributed by atoms with van der Waals surface area (Å²) < 4.78 is 12.8. The predicted molar refractivity (Wildman–Crippen MR) is 150 cm³/mol. The normalized spacial score (nSPS) is 18.9. The number of carboxylic acid groups (broad SMARTS) is 1. The van der Waals surface area contributed by atoms with Crippen LogP contribution in [0.25, 0.3) is 0 Å². The molecule has 1 aliphatic rings. The molecule has 9 nitrogen and oxygen atoms in total. The van der Waals surface area contributed by atoms with E-state index in [4.69, 9.17) is 14.6 Å². The highest BCUT2D eigenvalue weighted by Crippen LogP contribution is 2.38. The standard InChI is InChI=1S/C31H37N3O6/c1-34(18-16-25-5-2-3-17-32-25)20-27-19-28(23-10-8-22(21-35)9-11-23)40-31(39-27)24-12-14-26(15-13-24)33-29(36)6-4-7-30(37)38/h2-3,5,8-15,17,27-28,31,35H,4,6-7,16,18-21H2,1H3,(H,33,36)(H,37,38). The number of aromatic nitrogens is 1. The molecular formula is C31H37N3O6. The summed E-state index contributed by atoms with van der Waals surface area (Å²) in [5, 5.41) is 21.0. The number of aliphatic carboxylic acids is 1. The summed E-state index contributed by atoms with van der Waals surface area (Å²) in [7, 11) is 2.08. The second-order valence-electron chi connectivity index (χ2n) is 10.1. The van der Waals surface area contributed by atoms with E-state index in [0.29, 0.717) is 18.5 Å². The Morgan fingerprint density at radius 2 is 1.75 bits per heavy atom. The van der Waals surface area contributed by atoms with Crippen molar-refractivity contribution < 1.29 is 29.3 Å². The van der Waals surface area contributed by atoms with Gasteiger partial charge < -0.3 is 29.9 Å². The predicted octanol–water partition coefficient (Wildman–Crippen LogP) is 4.49. The maximum Gasteiger partial charge on any atom is 0.303 e. The average Bonchev–Trinajstić information content (AvgIpc) is 2.96. The minimum absolute atomic E-state index is 0.0102. The number of anilines is 1. The third kappa shape index (κ3) is 8.96. The summed E-state index contributed by atoms with van der Waals surface area (Å²) in [5.41, 5.74) is 4.38. The molecule has 9 heteroatoms. The molecule has 4 rings (SSSR count). The van der Waals surface area contributed by atoms with Crippen molar-refractivity contribution in [3.8, 4) is 0 Å². The van der Waals surface area contributed by atoms with Gasteiger partial charge in [-0.2, -0.15) is 0 Å². The number of benzene rings is 2. The minimum Gasteiger partial charge on any atom is -0.481 e. The summed E-state index contributed by atoms with van der Waals surface area (Å²) in [6.07, 6.45) is 2.89. The number of carbonyl (C=O) groups is 2. The highest BCUT2D eigenvalue weighted by molar-refractivity contribution is 5.90. The molecule has 40 heavy (non-hydrogen) atoms. The molecule has 0 radical (unpaired) electrons. The number of ether oxygens (including phenoxy) is 2. The van der Waals surface area contributed by atoms with E-state index in [1.54, 1.807) is 12.1 Å². The van der Waals surface area contributed by atoms with Crippen LogP contribution in [0.1, 0.15) is 60.5 Å². The first-order chi connectivity index (χ1) is 19.4. The first-order valence-electron chi connectivity index (χ1n) is 13.6. The molecule has 3 N–H and O–H groups in total. The van der Waals surface area contributed by atoms with Gasteiger partial charge in [0.25, 0.3) is 0 Å². The molecule has 2 heterocycles. The number of hydrogen-bond donors (Lipinski definition) is 3. The van der Waals surface area contributed by atoms with E-state index in [9.17, 15) is 14.7 Å². The fourth-order valence-electron chi connectivity index (χ4n) is 4.67. The third-order valence-electron chi connectivity index (χ3n) is 6.87. The Kier molecular flexibility index (Phi) is 10.8. The number of nitrogens with one attached hydrogen (secondary N) is 1. The van der Waals surface area contributed by atoms with Gasteiger partial charge in [-0.1, -0.05) is 42.5 Å². The van der Waals surface area contributed by atoms with E-state index in [0.717, 1.165) is 41.9 Å². The number of nitrogens with zero attached hydrogens (tertiary/aromatic N) is 2. The van der Waals surface area contributed by atoms with Crippen molar-refractivity contribution in [2.24, 2.45) is 0 Å². The zero-order valence-corrected chi connectivity index (χ0v) is 22.7. The summed E-state index contributed by atoms with van der Waals surface area (Å²) >= 11 is 0. The van der Waals surface area contributed by atoms with Crippen molar-refractivity contribution in [3.63, 3.8) is 0 Å². The number of aliphatic hydroxyl groups excluding tert-OH is 1. The van der Waals surface area contributed by atoms with Crippen LogP contribution in [0.2, 0.25) is 0 Å². The topological polar surface area (TPSA) is 121 Å². The molecule has 3 unspecified atom stereocenters. The van der Waals surface area contributed by atoms with Crippen LogP contribution in [0.3, 0.4) is 0 Å². The van der Waals surface area contributed by atoms with Gasteiger partial charge in [0.1, 0.15) is 0 Å². The van der Waals surface area contributed by atoms with Crippen LogP contribution in [0, 0.1) is 0 Å². The number of likely N-dealkylation sites (N-methyl/N-ethyl adjacent to an activating group) is 1. The van der Waals surface area contributed by atoms with Gasteiger partial charge in [-0.25, -0.2) is 0 Å². The lowest BCUT2D eigenvalue weighted by molar-refractivity contribution is -0.252. The minimum atomic E-state index is -0.912. The molecular weight excluding hydrogens is 510 g/mol. The monoisotopic (exact) mass is 547 g/mol. The zero-order chi connectivity index (χ0) is 28.3. The van der Waals surface area contributed by atoms with E-state index in [2.05, 4.69) is 22.2 Å². The molecule has 3 aromatic rings. The maximum atomic E-state index is 12.1. The first kappa shape index (κ1) is 29.4. The van der Waals surface area contributed by atoms with Gasteiger partial charge in [-0.3, -0.25) is 14.6 Å². The van der Waals surface area contributed by atoms with Gasteiger partial charge in [0.05, 0.1) is 18.8 Å². The lowest BCUT2D eigenvalue weighted by atomic mass is 9.99. The number of amides is 1. The van der Waals surface area contributed by atoms with Crippen molar-refractivity contribution >= 4 is 17.6 Å². The number of carboxylic acids is 1. The second kappa shape index (κ2) is 14.7. The molecule has 1 fully saturated rings. The summed E-state index contributed by atoms with van der Waals surface area (Å²) in [5.74, 6) is -1.13. The Morgan fingerprint density at radius 3 is 2.42 bits per heavy atom. The molecule has 1 saturated heterocycles. The van der Waals surface area contributed by atoms with Crippen molar-refractivity contribution in [1.29, 1.82) is 0 Å². The van der Waals surface area contributed by atoms with Crippen molar-refractivity contribution in [3.05, 3.63) is 95.3 Å². The molecule has 2 aromatic carbocycles. The maximum absolute atomic E-state index is 12.1. The molecule has 1 aromatic heterocycles. The van der Waals surface area contributed by atoms with E-state index in [1.165, 1.54) is 0 Å². The molecule has 212 valence electrons. The Hall–Kier alpha value is -3.63. The molecule has 0 saturated carbocycles. The SMILES string of the molecule is CN(CCc1ccccn1)CC1CC(c2ccc(CO)cc2)OC(c2ccc(NC(=O)CCCC(=O)O)cc2)O1. The summed E-state index contributed by atoms with van der Waals surface area (Å²) in [6, 6.07) is 21.1. The number of carbonyl (C=O) groups excluding carboxylic acids is 1. The first-order valence-corrected chi connectivity index (χ1v) is 13.6. The van der Waals surface area contributed by atoms with Gasteiger partial charge in [0.15, 0.2) is 6.29 Å². The Bertz CT molecular complexity index is 1220. The van der Waals surface area contributed by atoms with E-state index < -0.39 is 12.3 Å². The smallest absolute Gasteiger partial charge is 0.303 e. The van der Waals surface area contributed by atoms with Gasteiger partial charge in [0.2, 0.25) is 5.91 Å². The Morgan fingerprint density at radius 1 is 1.00 bits per heavy atom. The molecule has 1 amide bonds. The van der Waals surface area contributed by atoms with Crippen molar-refractivity contribution in [1.82, 2.24) is 9.88 Å². The van der Waals surface area contributed by atoms with E-state index >= 15 is 0 Å². The average molecular weight is 548 g/mol. The van der Waals surface area contributed by atoms with Crippen LogP contribution in [-0.4, -0.2) is 58.2 Å². The lowest BCUT2D eigenvalue weighted by Crippen LogP contribution is -2.38. The van der Waals surface area contributed by atoms with Crippen LogP contribution < -0.4 is 5.32 Å². The van der Waals surface area contributed by atoms with Crippen molar-refractivity contribution in [2.45, 2.75) is 57.2 Å². The quantitative estimate of drug-likeness (QED) is 0.286. The van der Waals surface area contributed by atoms with Crippen LogP contribution in [0.4, 0.5) is 5.69 Å². The Labute approximate surface area is 234 Å². The summed E-state index contributed by atoms with van der Waals surface area (Å²) in [6.45, 7) is 1.56. The van der Waals surface area contributed by atoms with Crippen LogP contribution in [0.15, 0.2) is 72.9 Å². The lowest BCUT2D eigenvalue weighted by Gasteiger charge is -2.38. The van der Waals surface area contributed by atoms with Gasteiger partial charge >= 0.3 is 5.97 Å². The van der Waals surface area contributed by atoms with Crippen LogP contribution in [0.5, 0.6) is 0 Å². The number of pyridine rings is 1. The van der Waals surface area contributed by atoms with Crippen LogP contribution in [-0.2, 0) is 32.1 Å². The fraction of sp³-hybridized carbons (Fsp3) is 0.387. The molecule has 3 atom stereocenters. The van der Waals surface area contributed by atoms with Crippen LogP contribution >= 0.6 is 0 Å². The Balaban J connectivity index is 1.41. The highest BCUT2D eigenvalue weighted by Gasteiger charge is 2.32. The van der Waals surface area contributed by atoms with Gasteiger partial charge in [0, 0.05) is 61.9 Å². The van der Waals surface area contributed by atoms with Gasteiger partial charge in [-0.05, 0) is 48.9 Å². The largest absolute Gasteiger partial charge is 0.481 e. The highest BCUT2D eigenvalue weighted by atomic mass is 16.7. The number of aliphatic hydroxyl groups is 1. The van der Waals surface area contributed by atoms with Crippen molar-refractivity contribution in [2.75, 3.05) is 25.5 Å². The summed E-state index contributed by atoms with van der Waals surface area (Å²) in [4.78, 5) is 29.5. The number of rotatable bonds is 13. The molecule has 0 spiro atoms. The second-order valence-corrected chi connectivity index (χ2v) is 10.1.